The quantitative estimate of drug-likeness (QED) is 0.631. The second-order valence-corrected chi connectivity index (χ2v) is 3.52. The van der Waals surface area contributed by atoms with Gasteiger partial charge in [0.1, 0.15) is 11.6 Å². The molecule has 5 heteroatoms. The molecule has 3 N–H and O–H groups in total. The van der Waals surface area contributed by atoms with Crippen molar-refractivity contribution in [3.8, 4) is 0 Å². The van der Waals surface area contributed by atoms with Crippen LogP contribution in [-0.4, -0.2) is 4.98 Å². The summed E-state index contributed by atoms with van der Waals surface area (Å²) in [5, 5.41) is 0. The Bertz CT molecular complexity index is 499. The molecule has 88 valence electrons. The average Bonchev–Trinajstić information content (AvgIpc) is 2.35. The fraction of sp³-hybridized carbons (Fsp3) is 0.0833. The van der Waals surface area contributed by atoms with Crippen LogP contribution >= 0.6 is 0 Å². The number of nitrogens with zero attached hydrogens (tertiary/aromatic N) is 1. The molecule has 0 aliphatic heterocycles. The van der Waals surface area contributed by atoms with Crippen LogP contribution in [0.5, 0.6) is 0 Å². The Balaban J connectivity index is 2.40. The third-order valence-corrected chi connectivity index (χ3v) is 2.43. The van der Waals surface area contributed by atoms with Gasteiger partial charge >= 0.3 is 0 Å². The molecule has 0 bridgehead atoms. The molecule has 0 amide bonds. The van der Waals surface area contributed by atoms with Crippen molar-refractivity contribution < 1.29 is 8.78 Å². The minimum absolute atomic E-state index is 0.182. The van der Waals surface area contributed by atoms with E-state index in [4.69, 9.17) is 5.84 Å². The van der Waals surface area contributed by atoms with Gasteiger partial charge in [0.05, 0.1) is 11.7 Å². The van der Waals surface area contributed by atoms with Gasteiger partial charge in [0.25, 0.3) is 0 Å². The van der Waals surface area contributed by atoms with Crippen LogP contribution in [-0.2, 0) is 0 Å². The number of hydrazine groups is 1. The normalized spacial score (nSPS) is 12.4. The zero-order valence-corrected chi connectivity index (χ0v) is 8.90. The highest BCUT2D eigenvalue weighted by Gasteiger charge is 2.17. The molecule has 2 aromatic rings. The maximum Gasteiger partial charge on any atom is 0.146 e. The Hall–Kier alpha value is -1.85. The number of pyridine rings is 1. The molecule has 1 heterocycles. The van der Waals surface area contributed by atoms with Crippen LogP contribution in [0.15, 0.2) is 42.6 Å². The van der Waals surface area contributed by atoms with Gasteiger partial charge < -0.3 is 0 Å². The first-order chi connectivity index (χ1) is 8.22. The number of halogens is 2. The molecule has 1 unspecified atom stereocenters. The predicted molar refractivity (Wildman–Crippen MR) is 59.8 cm³/mol. The van der Waals surface area contributed by atoms with Gasteiger partial charge in [0.2, 0.25) is 0 Å². The fourth-order valence-corrected chi connectivity index (χ4v) is 1.60. The first kappa shape index (κ1) is 11.6. The van der Waals surface area contributed by atoms with Crippen molar-refractivity contribution in [3.63, 3.8) is 0 Å². The maximum absolute atomic E-state index is 13.6. The van der Waals surface area contributed by atoms with E-state index in [1.54, 1.807) is 0 Å². The lowest BCUT2D eigenvalue weighted by molar-refractivity contribution is 0.542. The monoisotopic (exact) mass is 235 g/mol. The van der Waals surface area contributed by atoms with Crippen LogP contribution in [0.4, 0.5) is 8.78 Å². The Morgan fingerprint density at radius 1 is 1.12 bits per heavy atom. The number of rotatable bonds is 3. The first-order valence-electron chi connectivity index (χ1n) is 5.04. The molecule has 0 spiro atoms. The van der Waals surface area contributed by atoms with Crippen molar-refractivity contribution in [2.24, 2.45) is 5.84 Å². The average molecular weight is 235 g/mol. The summed E-state index contributed by atoms with van der Waals surface area (Å²) in [6.45, 7) is 0. The van der Waals surface area contributed by atoms with Crippen LogP contribution in [0, 0.1) is 11.6 Å². The standard InChI is InChI=1S/C12H11F2N3/c13-9-5-3-8(4-6-9)11(17-15)12-10(14)2-1-7-16-12/h1-7,11,17H,15H2. The number of aromatic nitrogens is 1. The molecule has 1 aromatic heterocycles. The Kier molecular flexibility index (Phi) is 3.41. The lowest BCUT2D eigenvalue weighted by Gasteiger charge is -2.16. The minimum atomic E-state index is -0.600. The number of nitrogens with two attached hydrogens (primary N) is 1. The SMILES string of the molecule is NNC(c1ccc(F)cc1)c1ncccc1F. The Morgan fingerprint density at radius 3 is 2.41 bits per heavy atom. The predicted octanol–water partition coefficient (Wildman–Crippen LogP) is 1.91. The third-order valence-electron chi connectivity index (χ3n) is 2.43. The summed E-state index contributed by atoms with van der Waals surface area (Å²) in [6, 6.07) is 7.85. The van der Waals surface area contributed by atoms with Crippen LogP contribution in [0.1, 0.15) is 17.3 Å². The van der Waals surface area contributed by atoms with Crippen molar-refractivity contribution in [1.29, 1.82) is 0 Å². The van der Waals surface area contributed by atoms with Crippen molar-refractivity contribution in [3.05, 3.63) is 65.5 Å². The maximum atomic E-state index is 13.6. The zero-order valence-electron chi connectivity index (χ0n) is 8.90. The molecular weight excluding hydrogens is 224 g/mol. The summed E-state index contributed by atoms with van der Waals surface area (Å²) in [6.07, 6.45) is 1.48. The van der Waals surface area contributed by atoms with E-state index in [1.807, 2.05) is 0 Å². The summed E-state index contributed by atoms with van der Waals surface area (Å²) in [4.78, 5) is 3.94. The summed E-state index contributed by atoms with van der Waals surface area (Å²) in [5.41, 5.74) is 3.30. The highest BCUT2D eigenvalue weighted by Crippen LogP contribution is 2.21. The van der Waals surface area contributed by atoms with Gasteiger partial charge in [0, 0.05) is 6.20 Å². The molecule has 1 aromatic carbocycles. The van der Waals surface area contributed by atoms with E-state index < -0.39 is 11.9 Å². The van der Waals surface area contributed by atoms with E-state index in [-0.39, 0.29) is 11.5 Å². The van der Waals surface area contributed by atoms with Crippen LogP contribution in [0.2, 0.25) is 0 Å². The zero-order chi connectivity index (χ0) is 12.3. The number of benzene rings is 1. The molecule has 1 atom stereocenters. The molecule has 0 saturated heterocycles. The molecule has 0 aliphatic carbocycles. The molecule has 0 radical (unpaired) electrons. The summed E-state index contributed by atoms with van der Waals surface area (Å²) < 4.78 is 26.4. The third kappa shape index (κ3) is 2.46. The lowest BCUT2D eigenvalue weighted by atomic mass is 10.0. The number of hydrogen-bond donors (Lipinski definition) is 2. The van der Waals surface area contributed by atoms with E-state index in [9.17, 15) is 8.78 Å². The fourth-order valence-electron chi connectivity index (χ4n) is 1.60. The largest absolute Gasteiger partial charge is 0.271 e. The summed E-state index contributed by atoms with van der Waals surface area (Å²) in [7, 11) is 0. The lowest BCUT2D eigenvalue weighted by Crippen LogP contribution is -2.30. The molecule has 3 nitrogen and oxygen atoms in total. The highest BCUT2D eigenvalue weighted by atomic mass is 19.1. The van der Waals surface area contributed by atoms with Crippen LogP contribution < -0.4 is 11.3 Å². The molecule has 0 aliphatic rings. The first-order valence-corrected chi connectivity index (χ1v) is 5.04. The second kappa shape index (κ2) is 4.99. The van der Waals surface area contributed by atoms with E-state index in [2.05, 4.69) is 10.4 Å². The van der Waals surface area contributed by atoms with Crippen molar-refractivity contribution in [2.45, 2.75) is 6.04 Å². The Labute approximate surface area is 97.3 Å². The van der Waals surface area contributed by atoms with E-state index in [0.717, 1.165) is 0 Å². The Morgan fingerprint density at radius 2 is 1.82 bits per heavy atom. The minimum Gasteiger partial charge on any atom is -0.271 e. The van der Waals surface area contributed by atoms with Crippen molar-refractivity contribution in [1.82, 2.24) is 10.4 Å². The van der Waals surface area contributed by atoms with Crippen molar-refractivity contribution >= 4 is 0 Å². The van der Waals surface area contributed by atoms with Crippen LogP contribution in [0.25, 0.3) is 0 Å². The molecular formula is C12H11F2N3. The van der Waals surface area contributed by atoms with Gasteiger partial charge in [-0.15, -0.1) is 0 Å². The van der Waals surface area contributed by atoms with E-state index in [0.29, 0.717) is 5.56 Å². The van der Waals surface area contributed by atoms with Gasteiger partial charge in [-0.1, -0.05) is 12.1 Å². The highest BCUT2D eigenvalue weighted by molar-refractivity contribution is 5.28. The van der Waals surface area contributed by atoms with Gasteiger partial charge in [-0.05, 0) is 29.8 Å². The van der Waals surface area contributed by atoms with Crippen molar-refractivity contribution in [2.75, 3.05) is 0 Å². The van der Waals surface area contributed by atoms with E-state index >= 15 is 0 Å². The molecule has 0 saturated carbocycles. The number of nitrogens with one attached hydrogen (secondary N) is 1. The van der Waals surface area contributed by atoms with Gasteiger partial charge in [-0.25, -0.2) is 14.2 Å². The van der Waals surface area contributed by atoms with Gasteiger partial charge in [0.15, 0.2) is 0 Å². The second-order valence-electron chi connectivity index (χ2n) is 3.52. The number of hydrogen-bond acceptors (Lipinski definition) is 3. The van der Waals surface area contributed by atoms with Crippen LogP contribution in [0.3, 0.4) is 0 Å². The summed E-state index contributed by atoms with van der Waals surface area (Å²) in [5.74, 6) is 4.58. The van der Waals surface area contributed by atoms with Gasteiger partial charge in [-0.3, -0.25) is 10.8 Å². The molecule has 2 rings (SSSR count). The summed E-state index contributed by atoms with van der Waals surface area (Å²) >= 11 is 0. The molecule has 0 fully saturated rings. The van der Waals surface area contributed by atoms with Gasteiger partial charge in [-0.2, -0.15) is 0 Å². The van der Waals surface area contributed by atoms with E-state index in [1.165, 1.54) is 42.6 Å². The smallest absolute Gasteiger partial charge is 0.146 e. The topological polar surface area (TPSA) is 50.9 Å². The molecule has 17 heavy (non-hydrogen) atoms.